The Morgan fingerprint density at radius 3 is 2.52 bits per heavy atom. The van der Waals surface area contributed by atoms with Crippen molar-refractivity contribution in [3.8, 4) is 6.07 Å². The monoisotopic (exact) mass is 286 g/mol. The van der Waals surface area contributed by atoms with Gasteiger partial charge in [0.05, 0.1) is 11.6 Å². The van der Waals surface area contributed by atoms with E-state index in [4.69, 9.17) is 5.26 Å². The van der Waals surface area contributed by atoms with Gasteiger partial charge in [0.25, 0.3) is 0 Å². The first-order valence-corrected chi connectivity index (χ1v) is 6.75. The van der Waals surface area contributed by atoms with Crippen LogP contribution in [0.25, 0.3) is 0 Å². The Balaban J connectivity index is 1.93. The number of hydrogen-bond donors (Lipinski definition) is 1. The van der Waals surface area contributed by atoms with Crippen LogP contribution in [0.2, 0.25) is 0 Å². The van der Waals surface area contributed by atoms with Crippen LogP contribution >= 0.6 is 0 Å². The normalized spacial score (nSPS) is 11.9. The lowest BCUT2D eigenvalue weighted by Gasteiger charge is -2.14. The molecule has 0 aliphatic heterocycles. The van der Waals surface area contributed by atoms with Crippen molar-refractivity contribution in [2.24, 2.45) is 0 Å². The molecule has 2 aromatic carbocycles. The van der Waals surface area contributed by atoms with Gasteiger partial charge in [-0.15, -0.1) is 0 Å². The van der Waals surface area contributed by atoms with Crippen molar-refractivity contribution in [2.75, 3.05) is 0 Å². The molecule has 0 saturated carbocycles. The molecule has 1 unspecified atom stereocenters. The van der Waals surface area contributed by atoms with E-state index in [1.807, 2.05) is 13.0 Å². The third-order valence-electron chi connectivity index (χ3n) is 3.27. The van der Waals surface area contributed by atoms with E-state index in [-0.39, 0.29) is 17.7 Å². The summed E-state index contributed by atoms with van der Waals surface area (Å²) in [7, 11) is 0. The molecule has 1 N–H and O–H groups in total. The summed E-state index contributed by atoms with van der Waals surface area (Å²) < 4.78 is 26.5. The highest BCUT2D eigenvalue weighted by atomic mass is 19.1. The van der Waals surface area contributed by atoms with Gasteiger partial charge in [-0.05, 0) is 49.2 Å². The van der Waals surface area contributed by atoms with Crippen LogP contribution in [0, 0.1) is 23.0 Å². The Morgan fingerprint density at radius 1 is 1.14 bits per heavy atom. The summed E-state index contributed by atoms with van der Waals surface area (Å²) in [6.07, 6.45) is 0.722. The summed E-state index contributed by atoms with van der Waals surface area (Å²) in [5, 5.41) is 12.0. The summed E-state index contributed by atoms with van der Waals surface area (Å²) in [5.41, 5.74) is 1.93. The van der Waals surface area contributed by atoms with E-state index in [1.54, 1.807) is 18.2 Å². The molecule has 4 heteroatoms. The molecular weight excluding hydrogens is 270 g/mol. The first kappa shape index (κ1) is 15.1. The number of rotatable bonds is 5. The van der Waals surface area contributed by atoms with E-state index >= 15 is 0 Å². The predicted octanol–water partition coefficient (Wildman–Crippen LogP) is 3.56. The maximum atomic E-state index is 13.6. The van der Waals surface area contributed by atoms with Gasteiger partial charge < -0.3 is 5.32 Å². The zero-order valence-corrected chi connectivity index (χ0v) is 11.7. The number of nitrogens with one attached hydrogen (secondary N) is 1. The van der Waals surface area contributed by atoms with Gasteiger partial charge in [-0.25, -0.2) is 8.78 Å². The van der Waals surface area contributed by atoms with Crippen molar-refractivity contribution in [3.05, 3.63) is 70.8 Å². The second kappa shape index (κ2) is 6.96. The van der Waals surface area contributed by atoms with E-state index < -0.39 is 0 Å². The van der Waals surface area contributed by atoms with Crippen molar-refractivity contribution < 1.29 is 8.78 Å². The van der Waals surface area contributed by atoms with Gasteiger partial charge in [0.1, 0.15) is 11.6 Å². The van der Waals surface area contributed by atoms with Crippen LogP contribution in [0.4, 0.5) is 8.78 Å². The Morgan fingerprint density at radius 2 is 1.86 bits per heavy atom. The van der Waals surface area contributed by atoms with Gasteiger partial charge in [-0.3, -0.25) is 0 Å². The maximum absolute atomic E-state index is 13.6. The first-order chi connectivity index (χ1) is 10.1. The highest BCUT2D eigenvalue weighted by molar-refractivity contribution is 5.33. The molecule has 0 aliphatic rings. The number of nitriles is 1. The van der Waals surface area contributed by atoms with Crippen LogP contribution in [-0.4, -0.2) is 6.04 Å². The van der Waals surface area contributed by atoms with Gasteiger partial charge in [-0.2, -0.15) is 5.26 Å². The third-order valence-corrected chi connectivity index (χ3v) is 3.27. The van der Waals surface area contributed by atoms with Gasteiger partial charge in [0.2, 0.25) is 0 Å². The molecule has 0 aliphatic carbocycles. The molecule has 0 saturated heterocycles. The minimum Gasteiger partial charge on any atom is -0.310 e. The van der Waals surface area contributed by atoms with Crippen LogP contribution in [-0.2, 0) is 13.0 Å². The van der Waals surface area contributed by atoms with Crippen LogP contribution in [0.5, 0.6) is 0 Å². The van der Waals surface area contributed by atoms with Gasteiger partial charge >= 0.3 is 0 Å². The molecule has 0 fully saturated rings. The fourth-order valence-electron chi connectivity index (χ4n) is 2.11. The zero-order chi connectivity index (χ0) is 15.2. The molecule has 108 valence electrons. The lowest BCUT2D eigenvalue weighted by Crippen LogP contribution is -2.28. The average Bonchev–Trinajstić information content (AvgIpc) is 2.49. The molecule has 0 aromatic heterocycles. The molecule has 0 bridgehead atoms. The molecule has 0 spiro atoms. The fourth-order valence-corrected chi connectivity index (χ4v) is 2.11. The average molecular weight is 286 g/mol. The summed E-state index contributed by atoms with van der Waals surface area (Å²) in [4.78, 5) is 0. The van der Waals surface area contributed by atoms with Crippen LogP contribution in [0.1, 0.15) is 23.6 Å². The van der Waals surface area contributed by atoms with Crippen molar-refractivity contribution in [3.63, 3.8) is 0 Å². The van der Waals surface area contributed by atoms with E-state index in [0.717, 1.165) is 12.0 Å². The fraction of sp³-hybridized carbons (Fsp3) is 0.235. The number of hydrogen-bond acceptors (Lipinski definition) is 2. The Bertz CT molecular complexity index is 645. The molecule has 0 heterocycles. The van der Waals surface area contributed by atoms with Crippen LogP contribution < -0.4 is 5.32 Å². The van der Waals surface area contributed by atoms with E-state index in [1.165, 1.54) is 24.3 Å². The molecule has 0 amide bonds. The summed E-state index contributed by atoms with van der Waals surface area (Å²) in [6, 6.07) is 12.8. The van der Waals surface area contributed by atoms with E-state index in [9.17, 15) is 8.78 Å². The lowest BCUT2D eigenvalue weighted by atomic mass is 10.1. The van der Waals surface area contributed by atoms with Crippen LogP contribution in [0.3, 0.4) is 0 Å². The molecule has 0 radical (unpaired) electrons. The van der Waals surface area contributed by atoms with E-state index in [0.29, 0.717) is 17.7 Å². The summed E-state index contributed by atoms with van der Waals surface area (Å²) in [5.74, 6) is -0.578. The molecule has 21 heavy (non-hydrogen) atoms. The van der Waals surface area contributed by atoms with E-state index in [2.05, 4.69) is 5.32 Å². The largest absolute Gasteiger partial charge is 0.310 e. The Labute approximate surface area is 123 Å². The standard InChI is InChI=1S/C17H16F2N2/c1-12(8-13-2-5-16(18)6-3-13)21-11-15-9-14(10-20)4-7-17(15)19/h2-7,9,12,21H,8,11H2,1H3. The number of benzene rings is 2. The molecule has 1 atom stereocenters. The number of nitrogens with zero attached hydrogens (tertiary/aromatic N) is 1. The van der Waals surface area contributed by atoms with Gasteiger partial charge in [-0.1, -0.05) is 12.1 Å². The quantitative estimate of drug-likeness (QED) is 0.912. The highest BCUT2D eigenvalue weighted by Crippen LogP contribution is 2.11. The molecule has 2 rings (SSSR count). The van der Waals surface area contributed by atoms with Crippen molar-refractivity contribution in [1.29, 1.82) is 5.26 Å². The second-order valence-corrected chi connectivity index (χ2v) is 5.03. The zero-order valence-electron chi connectivity index (χ0n) is 11.7. The van der Waals surface area contributed by atoms with Crippen molar-refractivity contribution >= 4 is 0 Å². The third kappa shape index (κ3) is 4.37. The lowest BCUT2D eigenvalue weighted by molar-refractivity contribution is 0.525. The second-order valence-electron chi connectivity index (χ2n) is 5.03. The van der Waals surface area contributed by atoms with Gasteiger partial charge in [0.15, 0.2) is 0 Å². The van der Waals surface area contributed by atoms with Gasteiger partial charge in [0, 0.05) is 18.2 Å². The summed E-state index contributed by atoms with van der Waals surface area (Å²) >= 11 is 0. The van der Waals surface area contributed by atoms with Crippen LogP contribution in [0.15, 0.2) is 42.5 Å². The Kier molecular flexibility index (Phi) is 5.02. The first-order valence-electron chi connectivity index (χ1n) is 6.75. The topological polar surface area (TPSA) is 35.8 Å². The maximum Gasteiger partial charge on any atom is 0.127 e. The molecule has 2 nitrogen and oxygen atoms in total. The minimum atomic E-state index is -0.324. The molecular formula is C17H16F2N2. The smallest absolute Gasteiger partial charge is 0.127 e. The summed E-state index contributed by atoms with van der Waals surface area (Å²) in [6.45, 7) is 2.33. The van der Waals surface area contributed by atoms with Crippen molar-refractivity contribution in [1.82, 2.24) is 5.32 Å². The highest BCUT2D eigenvalue weighted by Gasteiger charge is 2.07. The number of halogens is 2. The van der Waals surface area contributed by atoms with Crippen molar-refractivity contribution in [2.45, 2.75) is 25.9 Å². The predicted molar refractivity (Wildman–Crippen MR) is 77.5 cm³/mol. The molecule has 2 aromatic rings. The minimum absolute atomic E-state index is 0.112. The Hall–Kier alpha value is -2.25. The SMILES string of the molecule is CC(Cc1ccc(F)cc1)NCc1cc(C#N)ccc1F.